The molecule has 1 aromatic carbocycles. The van der Waals surface area contributed by atoms with E-state index < -0.39 is 6.10 Å². The van der Waals surface area contributed by atoms with Crippen LogP contribution < -0.4 is 4.90 Å². The zero-order valence-electron chi connectivity index (χ0n) is 11.8. The second-order valence-corrected chi connectivity index (χ2v) is 5.65. The molecule has 1 saturated heterocycles. The molecule has 19 heavy (non-hydrogen) atoms. The lowest BCUT2D eigenvalue weighted by Crippen LogP contribution is -2.48. The van der Waals surface area contributed by atoms with Gasteiger partial charge in [0.15, 0.2) is 0 Å². The zero-order valence-corrected chi connectivity index (χ0v) is 12.5. The van der Waals surface area contributed by atoms with E-state index in [1.165, 1.54) is 0 Å². The lowest BCUT2D eigenvalue weighted by atomic mass is 10.1. The number of nitrogens with zero attached hydrogens (tertiary/aromatic N) is 1. The standard InChI is InChI=1S/C15H22ClNO2/c1-4-13-9-19-10(2)8-17(13)15-6-5-12(11(3)18)7-14(15)16/h5-7,10-11,13,18H,4,8-9H2,1-3H3/t10?,11-,13?/m1/s1. The summed E-state index contributed by atoms with van der Waals surface area (Å²) in [6.45, 7) is 7.58. The highest BCUT2D eigenvalue weighted by atomic mass is 35.5. The van der Waals surface area contributed by atoms with Gasteiger partial charge in [0.2, 0.25) is 0 Å². The molecular formula is C15H22ClNO2. The van der Waals surface area contributed by atoms with Crippen molar-refractivity contribution in [1.29, 1.82) is 0 Å². The lowest BCUT2D eigenvalue weighted by molar-refractivity contribution is 0.0299. The van der Waals surface area contributed by atoms with E-state index in [9.17, 15) is 5.11 Å². The quantitative estimate of drug-likeness (QED) is 0.923. The highest BCUT2D eigenvalue weighted by Crippen LogP contribution is 2.32. The maximum absolute atomic E-state index is 9.60. The average molecular weight is 284 g/mol. The van der Waals surface area contributed by atoms with Crippen LogP contribution in [0.1, 0.15) is 38.9 Å². The molecule has 0 saturated carbocycles. The number of aliphatic hydroxyl groups is 1. The predicted octanol–water partition coefficient (Wildman–Crippen LogP) is 3.40. The molecule has 1 N–H and O–H groups in total. The third kappa shape index (κ3) is 3.22. The van der Waals surface area contributed by atoms with E-state index in [2.05, 4.69) is 18.7 Å². The SMILES string of the molecule is CCC1COC(C)CN1c1ccc([C@@H](C)O)cc1Cl. The van der Waals surface area contributed by atoms with Gasteiger partial charge in [0.1, 0.15) is 0 Å². The summed E-state index contributed by atoms with van der Waals surface area (Å²) in [5, 5.41) is 10.3. The largest absolute Gasteiger partial charge is 0.389 e. The molecule has 3 atom stereocenters. The van der Waals surface area contributed by atoms with E-state index in [1.807, 2.05) is 18.2 Å². The number of anilines is 1. The Morgan fingerprint density at radius 1 is 1.53 bits per heavy atom. The molecule has 2 rings (SSSR count). The van der Waals surface area contributed by atoms with Gasteiger partial charge in [-0.3, -0.25) is 0 Å². The van der Waals surface area contributed by atoms with E-state index in [4.69, 9.17) is 16.3 Å². The van der Waals surface area contributed by atoms with Crippen LogP contribution in [0.5, 0.6) is 0 Å². The Morgan fingerprint density at radius 2 is 2.26 bits per heavy atom. The number of aliphatic hydroxyl groups excluding tert-OH is 1. The fourth-order valence-corrected chi connectivity index (χ4v) is 2.79. The molecule has 1 aromatic rings. The van der Waals surface area contributed by atoms with Crippen molar-refractivity contribution in [3.8, 4) is 0 Å². The minimum atomic E-state index is -0.489. The Kier molecular flexibility index (Phi) is 4.71. The van der Waals surface area contributed by atoms with E-state index in [0.29, 0.717) is 11.1 Å². The predicted molar refractivity (Wildman–Crippen MR) is 78.9 cm³/mol. The maximum atomic E-state index is 9.60. The van der Waals surface area contributed by atoms with Crippen molar-refractivity contribution < 1.29 is 9.84 Å². The van der Waals surface area contributed by atoms with Crippen LogP contribution in [0.25, 0.3) is 0 Å². The normalized spacial score (nSPS) is 25.4. The van der Waals surface area contributed by atoms with Crippen LogP contribution in [0.2, 0.25) is 5.02 Å². The van der Waals surface area contributed by atoms with Gasteiger partial charge in [-0.05, 0) is 38.0 Å². The van der Waals surface area contributed by atoms with Crippen LogP contribution in [-0.4, -0.2) is 30.4 Å². The Labute approximate surface area is 120 Å². The molecule has 2 unspecified atom stereocenters. The number of benzene rings is 1. The molecule has 0 aromatic heterocycles. The summed E-state index contributed by atoms with van der Waals surface area (Å²) < 4.78 is 5.71. The monoisotopic (exact) mass is 283 g/mol. The number of morpholine rings is 1. The van der Waals surface area contributed by atoms with Gasteiger partial charge in [-0.25, -0.2) is 0 Å². The summed E-state index contributed by atoms with van der Waals surface area (Å²) in [5.74, 6) is 0. The number of hydrogen-bond donors (Lipinski definition) is 1. The van der Waals surface area contributed by atoms with Crippen LogP contribution in [0.15, 0.2) is 18.2 Å². The van der Waals surface area contributed by atoms with Gasteiger partial charge in [0.05, 0.1) is 35.6 Å². The van der Waals surface area contributed by atoms with Gasteiger partial charge in [0.25, 0.3) is 0 Å². The first-order chi connectivity index (χ1) is 9.02. The van der Waals surface area contributed by atoms with Crippen molar-refractivity contribution in [1.82, 2.24) is 0 Å². The highest BCUT2D eigenvalue weighted by molar-refractivity contribution is 6.33. The Morgan fingerprint density at radius 3 is 2.84 bits per heavy atom. The lowest BCUT2D eigenvalue weighted by Gasteiger charge is -2.40. The van der Waals surface area contributed by atoms with Crippen molar-refractivity contribution in [2.24, 2.45) is 0 Å². The second kappa shape index (κ2) is 6.12. The van der Waals surface area contributed by atoms with Crippen LogP contribution in [-0.2, 0) is 4.74 Å². The fraction of sp³-hybridized carbons (Fsp3) is 0.600. The minimum absolute atomic E-state index is 0.218. The topological polar surface area (TPSA) is 32.7 Å². The van der Waals surface area contributed by atoms with Gasteiger partial charge in [-0.2, -0.15) is 0 Å². The molecule has 1 aliphatic rings. The van der Waals surface area contributed by atoms with Crippen LogP contribution in [0, 0.1) is 0 Å². The van der Waals surface area contributed by atoms with Gasteiger partial charge in [0, 0.05) is 6.54 Å². The van der Waals surface area contributed by atoms with Crippen molar-refractivity contribution in [2.45, 2.75) is 45.4 Å². The summed E-state index contributed by atoms with van der Waals surface area (Å²) in [6, 6.07) is 6.17. The molecule has 1 aliphatic heterocycles. The van der Waals surface area contributed by atoms with E-state index in [1.54, 1.807) is 6.92 Å². The van der Waals surface area contributed by atoms with Crippen LogP contribution in [0.4, 0.5) is 5.69 Å². The first kappa shape index (κ1) is 14.6. The molecular weight excluding hydrogens is 262 g/mol. The van der Waals surface area contributed by atoms with E-state index in [0.717, 1.165) is 30.8 Å². The van der Waals surface area contributed by atoms with Crippen molar-refractivity contribution >= 4 is 17.3 Å². The molecule has 0 aliphatic carbocycles. The second-order valence-electron chi connectivity index (χ2n) is 5.25. The van der Waals surface area contributed by atoms with Crippen molar-refractivity contribution in [2.75, 3.05) is 18.1 Å². The van der Waals surface area contributed by atoms with Crippen molar-refractivity contribution in [3.63, 3.8) is 0 Å². The van der Waals surface area contributed by atoms with E-state index in [-0.39, 0.29) is 6.10 Å². The fourth-order valence-electron chi connectivity index (χ4n) is 2.49. The van der Waals surface area contributed by atoms with Crippen LogP contribution in [0.3, 0.4) is 0 Å². The Balaban J connectivity index is 2.28. The zero-order chi connectivity index (χ0) is 14.0. The molecule has 0 radical (unpaired) electrons. The molecule has 1 heterocycles. The molecule has 3 nitrogen and oxygen atoms in total. The van der Waals surface area contributed by atoms with E-state index >= 15 is 0 Å². The molecule has 4 heteroatoms. The maximum Gasteiger partial charge on any atom is 0.0762 e. The molecule has 106 valence electrons. The number of rotatable bonds is 3. The third-order valence-electron chi connectivity index (χ3n) is 3.70. The van der Waals surface area contributed by atoms with Crippen molar-refractivity contribution in [3.05, 3.63) is 28.8 Å². The summed E-state index contributed by atoms with van der Waals surface area (Å²) in [7, 11) is 0. The highest BCUT2D eigenvalue weighted by Gasteiger charge is 2.27. The van der Waals surface area contributed by atoms with Crippen LogP contribution >= 0.6 is 11.6 Å². The third-order valence-corrected chi connectivity index (χ3v) is 4.01. The molecule has 0 spiro atoms. The number of hydrogen-bond acceptors (Lipinski definition) is 3. The average Bonchev–Trinajstić information content (AvgIpc) is 2.38. The first-order valence-electron chi connectivity index (χ1n) is 6.88. The molecule has 0 bridgehead atoms. The van der Waals surface area contributed by atoms with Gasteiger partial charge in [-0.1, -0.05) is 24.6 Å². The summed E-state index contributed by atoms with van der Waals surface area (Å²) >= 11 is 6.38. The molecule has 1 fully saturated rings. The smallest absolute Gasteiger partial charge is 0.0762 e. The Hall–Kier alpha value is -0.770. The number of ether oxygens (including phenoxy) is 1. The summed E-state index contributed by atoms with van der Waals surface area (Å²) in [5.41, 5.74) is 1.89. The van der Waals surface area contributed by atoms with Gasteiger partial charge in [-0.15, -0.1) is 0 Å². The first-order valence-corrected chi connectivity index (χ1v) is 7.26. The van der Waals surface area contributed by atoms with Gasteiger partial charge < -0.3 is 14.7 Å². The van der Waals surface area contributed by atoms with Gasteiger partial charge >= 0.3 is 0 Å². The summed E-state index contributed by atoms with van der Waals surface area (Å²) in [6.07, 6.45) is 0.758. The summed E-state index contributed by atoms with van der Waals surface area (Å²) in [4.78, 5) is 2.32. The molecule has 0 amide bonds. The Bertz CT molecular complexity index is 436. The minimum Gasteiger partial charge on any atom is -0.389 e. The number of halogens is 1.